The Labute approximate surface area is 165 Å². The number of piperidine rings is 1. The summed E-state index contributed by atoms with van der Waals surface area (Å²) in [4.78, 5) is 21.7. The van der Waals surface area contributed by atoms with Crippen LogP contribution in [0.1, 0.15) is 32.3 Å². The van der Waals surface area contributed by atoms with Gasteiger partial charge in [0.05, 0.1) is 0 Å². The van der Waals surface area contributed by atoms with Crippen LogP contribution in [0.4, 0.5) is 0 Å². The number of rotatable bonds is 7. The Morgan fingerprint density at radius 1 is 1.19 bits per heavy atom. The van der Waals surface area contributed by atoms with E-state index >= 15 is 0 Å². The van der Waals surface area contributed by atoms with Crippen molar-refractivity contribution < 1.29 is 19.8 Å². The van der Waals surface area contributed by atoms with Gasteiger partial charge < -0.3 is 15.5 Å². The van der Waals surface area contributed by atoms with Crippen molar-refractivity contribution in [1.29, 1.82) is 0 Å². The molecule has 6 nitrogen and oxygen atoms in total. The molecule has 1 aliphatic heterocycles. The van der Waals surface area contributed by atoms with Crippen LogP contribution in [-0.2, 0) is 16.1 Å². The van der Waals surface area contributed by atoms with Crippen LogP contribution in [0.5, 0.6) is 0 Å². The van der Waals surface area contributed by atoms with Crippen molar-refractivity contribution in [3.05, 3.63) is 47.0 Å². The number of nitrogens with zero attached hydrogens (tertiary/aromatic N) is 1. The van der Waals surface area contributed by atoms with Gasteiger partial charge in [-0.05, 0) is 43.5 Å². The molecule has 2 rings (SSSR count). The molecule has 150 valence electrons. The average molecular weight is 397 g/mol. The quantitative estimate of drug-likeness (QED) is 0.613. The maximum atomic E-state index is 9.55. The van der Waals surface area contributed by atoms with Crippen molar-refractivity contribution in [3.8, 4) is 0 Å². The molecule has 0 unspecified atom stereocenters. The van der Waals surface area contributed by atoms with Crippen LogP contribution in [0, 0.1) is 5.92 Å². The fourth-order valence-corrected chi connectivity index (χ4v) is 3.17. The Kier molecular flexibility index (Phi) is 10.7. The van der Waals surface area contributed by atoms with Gasteiger partial charge in [0.2, 0.25) is 0 Å². The Balaban J connectivity index is 0.000000387. The maximum Gasteiger partial charge on any atom is 0.328 e. The second-order valence-electron chi connectivity index (χ2n) is 6.91. The van der Waals surface area contributed by atoms with Crippen molar-refractivity contribution in [1.82, 2.24) is 10.2 Å². The largest absolute Gasteiger partial charge is 0.478 e. The van der Waals surface area contributed by atoms with E-state index < -0.39 is 11.9 Å². The minimum atomic E-state index is -1.26. The smallest absolute Gasteiger partial charge is 0.328 e. The average Bonchev–Trinajstić information content (AvgIpc) is 2.62. The molecule has 1 heterocycles. The van der Waals surface area contributed by atoms with E-state index in [0.717, 1.165) is 31.2 Å². The zero-order chi connectivity index (χ0) is 20.2. The first-order valence-corrected chi connectivity index (χ1v) is 9.49. The van der Waals surface area contributed by atoms with Crippen LogP contribution in [0.3, 0.4) is 0 Å². The number of halogens is 1. The SMILES string of the molecule is CC(C)CN(Cc1ccccc1Cl)C1CCNCC1.O=C(O)/C=C/C(=O)O. The summed E-state index contributed by atoms with van der Waals surface area (Å²) < 4.78 is 0. The van der Waals surface area contributed by atoms with Gasteiger partial charge in [-0.15, -0.1) is 0 Å². The van der Waals surface area contributed by atoms with E-state index in [1.165, 1.54) is 18.4 Å². The third kappa shape index (κ3) is 10.1. The van der Waals surface area contributed by atoms with Gasteiger partial charge in [0.15, 0.2) is 0 Å². The van der Waals surface area contributed by atoms with Crippen LogP contribution in [0.15, 0.2) is 36.4 Å². The summed E-state index contributed by atoms with van der Waals surface area (Å²) in [5.41, 5.74) is 1.25. The molecule has 1 saturated heterocycles. The third-order valence-corrected chi connectivity index (χ3v) is 4.49. The highest BCUT2D eigenvalue weighted by molar-refractivity contribution is 6.31. The number of aliphatic carboxylic acids is 2. The van der Waals surface area contributed by atoms with E-state index in [1.807, 2.05) is 12.1 Å². The molecule has 1 aromatic rings. The standard InChI is InChI=1S/C16H25ClN2.C4H4O4/c1-13(2)11-19(15-7-9-18-10-8-15)12-14-5-3-4-6-16(14)17;5-3(6)1-2-4(7)8/h3-6,13,15,18H,7-12H2,1-2H3;1-2H,(H,5,6)(H,7,8)/b;2-1+. The van der Waals surface area contributed by atoms with Crippen molar-refractivity contribution in [2.24, 2.45) is 5.92 Å². The highest BCUT2D eigenvalue weighted by atomic mass is 35.5. The second-order valence-corrected chi connectivity index (χ2v) is 7.31. The van der Waals surface area contributed by atoms with Crippen LogP contribution in [0.2, 0.25) is 5.02 Å². The molecule has 1 fully saturated rings. The van der Waals surface area contributed by atoms with Gasteiger partial charge in [-0.25, -0.2) is 9.59 Å². The summed E-state index contributed by atoms with van der Waals surface area (Å²) in [5, 5.41) is 20.0. The first kappa shape index (κ1) is 23.1. The molecule has 0 spiro atoms. The minimum Gasteiger partial charge on any atom is -0.478 e. The summed E-state index contributed by atoms with van der Waals surface area (Å²) in [7, 11) is 0. The molecular formula is C20H29ClN2O4. The number of carboxylic acid groups (broad SMARTS) is 2. The van der Waals surface area contributed by atoms with Gasteiger partial charge >= 0.3 is 11.9 Å². The number of hydrogen-bond donors (Lipinski definition) is 3. The van der Waals surface area contributed by atoms with Gasteiger partial charge in [0, 0.05) is 36.3 Å². The van der Waals surface area contributed by atoms with Crippen LogP contribution in [-0.4, -0.2) is 52.7 Å². The van der Waals surface area contributed by atoms with E-state index in [1.54, 1.807) is 0 Å². The topological polar surface area (TPSA) is 89.9 Å². The second kappa shape index (κ2) is 12.5. The predicted octanol–water partition coefficient (Wildman–Crippen LogP) is 3.26. The Hall–Kier alpha value is -1.89. The fraction of sp³-hybridized carbons (Fsp3) is 0.500. The van der Waals surface area contributed by atoms with Crippen LogP contribution in [0.25, 0.3) is 0 Å². The fourth-order valence-electron chi connectivity index (χ4n) is 2.97. The molecule has 0 radical (unpaired) electrons. The molecule has 0 bridgehead atoms. The lowest BCUT2D eigenvalue weighted by Gasteiger charge is -2.36. The highest BCUT2D eigenvalue weighted by Crippen LogP contribution is 2.21. The van der Waals surface area contributed by atoms with Gasteiger partial charge in [0.25, 0.3) is 0 Å². The molecule has 0 aliphatic carbocycles. The van der Waals surface area contributed by atoms with Crippen molar-refractivity contribution in [2.45, 2.75) is 39.3 Å². The van der Waals surface area contributed by atoms with Gasteiger partial charge in [-0.1, -0.05) is 43.6 Å². The van der Waals surface area contributed by atoms with Crippen molar-refractivity contribution in [2.75, 3.05) is 19.6 Å². The zero-order valence-corrected chi connectivity index (χ0v) is 16.7. The summed E-state index contributed by atoms with van der Waals surface area (Å²) in [6, 6.07) is 8.92. The summed E-state index contributed by atoms with van der Waals surface area (Å²) >= 11 is 6.30. The number of carbonyl (C=O) groups is 2. The van der Waals surface area contributed by atoms with Gasteiger partial charge in [0.1, 0.15) is 0 Å². The molecule has 0 aromatic heterocycles. The summed E-state index contributed by atoms with van der Waals surface area (Å²) in [6.07, 6.45) is 3.61. The molecule has 1 aromatic carbocycles. The molecule has 1 aliphatic rings. The molecule has 0 saturated carbocycles. The van der Waals surface area contributed by atoms with Crippen molar-refractivity contribution >= 4 is 23.5 Å². The van der Waals surface area contributed by atoms with E-state index in [4.69, 9.17) is 21.8 Å². The number of nitrogens with one attached hydrogen (secondary N) is 1. The number of hydrogen-bond acceptors (Lipinski definition) is 4. The molecule has 0 atom stereocenters. The maximum absolute atomic E-state index is 9.55. The lowest BCUT2D eigenvalue weighted by atomic mass is 10.0. The predicted molar refractivity (Wildman–Crippen MR) is 107 cm³/mol. The lowest BCUT2D eigenvalue weighted by Crippen LogP contribution is -2.44. The Morgan fingerprint density at radius 3 is 2.22 bits per heavy atom. The molecule has 3 N–H and O–H groups in total. The highest BCUT2D eigenvalue weighted by Gasteiger charge is 2.22. The Bertz CT molecular complexity index is 612. The number of benzene rings is 1. The number of carboxylic acids is 2. The third-order valence-electron chi connectivity index (χ3n) is 4.12. The first-order valence-electron chi connectivity index (χ1n) is 9.11. The molecule has 7 heteroatoms. The molecule has 27 heavy (non-hydrogen) atoms. The van der Waals surface area contributed by atoms with E-state index in [0.29, 0.717) is 24.1 Å². The van der Waals surface area contributed by atoms with Crippen molar-refractivity contribution in [3.63, 3.8) is 0 Å². The van der Waals surface area contributed by atoms with E-state index in [9.17, 15) is 9.59 Å². The Morgan fingerprint density at radius 2 is 1.74 bits per heavy atom. The summed E-state index contributed by atoms with van der Waals surface area (Å²) in [6.45, 7) is 8.99. The van der Waals surface area contributed by atoms with Crippen LogP contribution >= 0.6 is 11.6 Å². The van der Waals surface area contributed by atoms with E-state index in [2.05, 4.69) is 36.2 Å². The monoisotopic (exact) mass is 396 g/mol. The summed E-state index contributed by atoms with van der Waals surface area (Å²) in [5.74, 6) is -1.82. The van der Waals surface area contributed by atoms with E-state index in [-0.39, 0.29) is 0 Å². The zero-order valence-electron chi connectivity index (χ0n) is 15.9. The lowest BCUT2D eigenvalue weighted by molar-refractivity contribution is -0.134. The van der Waals surface area contributed by atoms with Gasteiger partial charge in [-0.2, -0.15) is 0 Å². The molecular weight excluding hydrogens is 368 g/mol. The van der Waals surface area contributed by atoms with Gasteiger partial charge in [-0.3, -0.25) is 4.90 Å². The molecule has 0 amide bonds. The minimum absolute atomic E-state index is 0.558. The normalized spacial score (nSPS) is 15.0. The van der Waals surface area contributed by atoms with Crippen LogP contribution < -0.4 is 5.32 Å². The first-order chi connectivity index (χ1) is 12.8.